The molecule has 0 spiro atoms. The summed E-state index contributed by atoms with van der Waals surface area (Å²) >= 11 is 2.07. The van der Waals surface area contributed by atoms with Gasteiger partial charge in [-0.05, 0) is 7.05 Å². The second-order valence-corrected chi connectivity index (χ2v) is 3.78. The van der Waals surface area contributed by atoms with E-state index in [9.17, 15) is 0 Å². The zero-order chi connectivity index (χ0) is 7.23. The van der Waals surface area contributed by atoms with Crippen molar-refractivity contribution in [1.82, 2.24) is 10.2 Å². The van der Waals surface area contributed by atoms with Crippen LogP contribution in [0.1, 0.15) is 0 Å². The lowest BCUT2D eigenvalue weighted by Crippen LogP contribution is -2.37. The number of hydrogen-bond donors (Lipinski definition) is 1. The first-order chi connectivity index (χ1) is 4.93. The average Bonchev–Trinajstić information content (AvgIpc) is 2.03. The molecule has 0 aliphatic carbocycles. The molecule has 2 nitrogen and oxygen atoms in total. The third-order valence-electron chi connectivity index (χ3n) is 1.78. The normalized spacial score (nSPS) is 21.3. The number of likely N-dealkylation sites (N-methyl/N-ethyl adjacent to an activating group) is 1. The monoisotopic (exact) mass is 160 g/mol. The molecule has 1 saturated heterocycles. The summed E-state index contributed by atoms with van der Waals surface area (Å²) < 4.78 is 0. The number of hydrogen-bond acceptors (Lipinski definition) is 3. The van der Waals surface area contributed by atoms with Crippen LogP contribution in [0, 0.1) is 0 Å². The van der Waals surface area contributed by atoms with Gasteiger partial charge < -0.3 is 10.2 Å². The molecule has 1 heterocycles. The summed E-state index contributed by atoms with van der Waals surface area (Å²) in [5.74, 6) is 2.65. The van der Waals surface area contributed by atoms with Crippen LogP contribution in [0.5, 0.6) is 0 Å². The lowest BCUT2D eigenvalue weighted by Gasteiger charge is -2.25. The van der Waals surface area contributed by atoms with Crippen LogP contribution in [0.15, 0.2) is 0 Å². The Hall–Kier alpha value is 0.270. The lowest BCUT2D eigenvalue weighted by atomic mass is 10.4. The molecule has 0 aromatic rings. The molecular weight excluding hydrogens is 144 g/mol. The van der Waals surface area contributed by atoms with E-state index in [1.54, 1.807) is 0 Å². The van der Waals surface area contributed by atoms with E-state index in [2.05, 4.69) is 22.0 Å². The van der Waals surface area contributed by atoms with Crippen molar-refractivity contribution < 1.29 is 0 Å². The molecule has 1 aliphatic rings. The molecule has 0 atom stereocenters. The Balaban J connectivity index is 2.02. The summed E-state index contributed by atoms with van der Waals surface area (Å²) in [5.41, 5.74) is 0. The predicted octanol–water partition coefficient (Wildman–Crippen LogP) is 0.255. The van der Waals surface area contributed by atoms with Crippen molar-refractivity contribution in [3.8, 4) is 0 Å². The predicted molar refractivity (Wildman–Crippen MR) is 47.7 cm³/mol. The van der Waals surface area contributed by atoms with Crippen LogP contribution in [0.25, 0.3) is 0 Å². The lowest BCUT2D eigenvalue weighted by molar-refractivity contribution is 0.304. The van der Waals surface area contributed by atoms with Crippen LogP contribution in [0.4, 0.5) is 0 Å². The van der Waals surface area contributed by atoms with Crippen LogP contribution < -0.4 is 5.32 Å². The highest BCUT2D eigenvalue weighted by molar-refractivity contribution is 7.99. The number of nitrogens with one attached hydrogen (secondary N) is 1. The molecular formula is C7H16N2S. The van der Waals surface area contributed by atoms with Gasteiger partial charge in [-0.15, -0.1) is 0 Å². The minimum atomic E-state index is 1.13. The molecule has 3 heteroatoms. The zero-order valence-corrected chi connectivity index (χ0v) is 7.41. The Morgan fingerprint density at radius 2 is 2.10 bits per heavy atom. The van der Waals surface area contributed by atoms with Gasteiger partial charge in [-0.1, -0.05) is 0 Å². The summed E-state index contributed by atoms with van der Waals surface area (Å²) in [4.78, 5) is 2.52. The first-order valence-electron chi connectivity index (χ1n) is 3.88. The molecule has 0 radical (unpaired) electrons. The fourth-order valence-electron chi connectivity index (χ4n) is 1.09. The summed E-state index contributed by atoms with van der Waals surface area (Å²) in [6, 6.07) is 0. The van der Waals surface area contributed by atoms with E-state index in [1.807, 2.05) is 7.05 Å². The van der Waals surface area contributed by atoms with Gasteiger partial charge >= 0.3 is 0 Å². The number of thioether (sulfide) groups is 1. The maximum Gasteiger partial charge on any atom is 0.0107 e. The van der Waals surface area contributed by atoms with Gasteiger partial charge in [0.25, 0.3) is 0 Å². The van der Waals surface area contributed by atoms with Gasteiger partial charge in [0.05, 0.1) is 0 Å². The first-order valence-corrected chi connectivity index (χ1v) is 5.03. The van der Waals surface area contributed by atoms with Gasteiger partial charge in [-0.3, -0.25) is 0 Å². The minimum Gasteiger partial charge on any atom is -0.318 e. The van der Waals surface area contributed by atoms with Crippen LogP contribution in [0.3, 0.4) is 0 Å². The van der Waals surface area contributed by atoms with Crippen molar-refractivity contribution in [3.63, 3.8) is 0 Å². The van der Waals surface area contributed by atoms with Crippen molar-refractivity contribution >= 4 is 11.8 Å². The molecule has 0 unspecified atom stereocenters. The molecule has 1 N–H and O–H groups in total. The van der Waals surface area contributed by atoms with Gasteiger partial charge in [0.2, 0.25) is 0 Å². The molecule has 10 heavy (non-hydrogen) atoms. The molecule has 0 saturated carbocycles. The standard InChI is InChI=1S/C7H16N2S/c1-8-2-3-9-4-6-10-7-5-9/h8H,2-7H2,1H3. The van der Waals surface area contributed by atoms with Crippen LogP contribution in [-0.4, -0.2) is 49.6 Å². The maximum absolute atomic E-state index is 3.17. The first kappa shape index (κ1) is 8.37. The summed E-state index contributed by atoms with van der Waals surface area (Å²) in [6.45, 7) is 4.92. The Morgan fingerprint density at radius 1 is 1.40 bits per heavy atom. The van der Waals surface area contributed by atoms with Crippen LogP contribution >= 0.6 is 11.8 Å². The molecule has 1 fully saturated rings. The Labute approximate surface area is 67.4 Å². The quantitative estimate of drug-likeness (QED) is 0.637. The molecule has 60 valence electrons. The Morgan fingerprint density at radius 3 is 2.70 bits per heavy atom. The highest BCUT2D eigenvalue weighted by Gasteiger charge is 2.07. The van der Waals surface area contributed by atoms with Crippen molar-refractivity contribution in [2.75, 3.05) is 44.7 Å². The Bertz CT molecular complexity index is 81.7. The van der Waals surface area contributed by atoms with E-state index < -0.39 is 0 Å². The fourth-order valence-corrected chi connectivity index (χ4v) is 2.07. The van der Waals surface area contributed by atoms with Gasteiger partial charge in [0, 0.05) is 37.7 Å². The summed E-state index contributed by atoms with van der Waals surface area (Å²) in [5, 5.41) is 3.17. The van der Waals surface area contributed by atoms with E-state index in [-0.39, 0.29) is 0 Å². The third-order valence-corrected chi connectivity index (χ3v) is 2.72. The van der Waals surface area contributed by atoms with Crippen LogP contribution in [-0.2, 0) is 0 Å². The highest BCUT2D eigenvalue weighted by atomic mass is 32.2. The van der Waals surface area contributed by atoms with E-state index >= 15 is 0 Å². The zero-order valence-electron chi connectivity index (χ0n) is 6.60. The molecule has 0 aromatic heterocycles. The minimum absolute atomic E-state index is 1.13. The van der Waals surface area contributed by atoms with E-state index in [0.717, 1.165) is 6.54 Å². The number of rotatable bonds is 3. The van der Waals surface area contributed by atoms with Gasteiger partial charge in [0.15, 0.2) is 0 Å². The third kappa shape index (κ3) is 2.90. The van der Waals surface area contributed by atoms with E-state index in [4.69, 9.17) is 0 Å². The van der Waals surface area contributed by atoms with E-state index in [1.165, 1.54) is 31.1 Å². The summed E-state index contributed by atoms with van der Waals surface area (Å²) in [6.07, 6.45) is 0. The number of nitrogens with zero attached hydrogens (tertiary/aromatic N) is 1. The largest absolute Gasteiger partial charge is 0.318 e. The SMILES string of the molecule is CNCCN1CCSCC1. The van der Waals surface area contributed by atoms with Gasteiger partial charge in [-0.2, -0.15) is 11.8 Å². The van der Waals surface area contributed by atoms with Crippen molar-refractivity contribution in [2.24, 2.45) is 0 Å². The van der Waals surface area contributed by atoms with Crippen molar-refractivity contribution in [3.05, 3.63) is 0 Å². The van der Waals surface area contributed by atoms with E-state index in [0.29, 0.717) is 0 Å². The smallest absolute Gasteiger partial charge is 0.0107 e. The van der Waals surface area contributed by atoms with Gasteiger partial charge in [0.1, 0.15) is 0 Å². The topological polar surface area (TPSA) is 15.3 Å². The summed E-state index contributed by atoms with van der Waals surface area (Å²) in [7, 11) is 2.01. The van der Waals surface area contributed by atoms with Crippen molar-refractivity contribution in [2.45, 2.75) is 0 Å². The second kappa shape index (κ2) is 4.99. The molecule has 0 amide bonds. The molecule has 1 aliphatic heterocycles. The fraction of sp³-hybridized carbons (Fsp3) is 1.00. The molecule has 1 rings (SSSR count). The van der Waals surface area contributed by atoms with Gasteiger partial charge in [-0.25, -0.2) is 0 Å². The highest BCUT2D eigenvalue weighted by Crippen LogP contribution is 2.07. The average molecular weight is 160 g/mol. The molecule has 0 bridgehead atoms. The molecule has 0 aromatic carbocycles. The van der Waals surface area contributed by atoms with Crippen molar-refractivity contribution in [1.29, 1.82) is 0 Å². The second-order valence-electron chi connectivity index (χ2n) is 2.56. The maximum atomic E-state index is 3.17. The Kier molecular flexibility index (Phi) is 4.18. The van der Waals surface area contributed by atoms with Crippen LogP contribution in [0.2, 0.25) is 0 Å².